The lowest BCUT2D eigenvalue weighted by Gasteiger charge is -2.22. The van der Waals surface area contributed by atoms with Crippen LogP contribution < -0.4 is 0 Å². The predicted molar refractivity (Wildman–Crippen MR) is 59.1 cm³/mol. The second-order valence-corrected chi connectivity index (χ2v) is 4.65. The van der Waals surface area contributed by atoms with Gasteiger partial charge in [-0.05, 0) is 19.3 Å². The van der Waals surface area contributed by atoms with Gasteiger partial charge in [0.25, 0.3) is 0 Å². The first kappa shape index (κ1) is 12.8. The van der Waals surface area contributed by atoms with Gasteiger partial charge in [0, 0.05) is 18.1 Å². The number of carboxylic acids is 1. The van der Waals surface area contributed by atoms with E-state index in [2.05, 4.69) is 0 Å². The summed E-state index contributed by atoms with van der Waals surface area (Å²) in [4.78, 5) is 10.2. The topological polar surface area (TPSA) is 55.8 Å². The largest absolute Gasteiger partial charge is 0.481 e. The molecule has 1 saturated heterocycles. The molecule has 0 aromatic carbocycles. The van der Waals surface area contributed by atoms with Gasteiger partial charge in [0.2, 0.25) is 0 Å². The average molecular weight is 234 g/mol. The molecule has 5 heteroatoms. The molecule has 1 aliphatic heterocycles. The van der Waals surface area contributed by atoms with Crippen molar-refractivity contribution in [3.63, 3.8) is 0 Å². The van der Waals surface area contributed by atoms with Crippen molar-refractivity contribution in [2.45, 2.75) is 32.0 Å². The summed E-state index contributed by atoms with van der Waals surface area (Å²) in [6.45, 7) is 1.45. The lowest BCUT2D eigenvalue weighted by molar-refractivity contribution is -0.158. The molecule has 1 heterocycles. The molecule has 0 bridgehead atoms. The van der Waals surface area contributed by atoms with Crippen LogP contribution in [0.4, 0.5) is 0 Å². The molecule has 15 heavy (non-hydrogen) atoms. The number of carbonyl (C=O) groups is 1. The second kappa shape index (κ2) is 7.96. The van der Waals surface area contributed by atoms with Crippen molar-refractivity contribution >= 4 is 17.7 Å². The minimum Gasteiger partial charge on any atom is -0.481 e. The molecule has 1 rings (SSSR count). The standard InChI is InChI=1S/C10H18O4S/c11-9(12)4-7-15-8-6-14-10-3-1-2-5-13-10/h10H,1-8H2,(H,11,12). The third-order valence-electron chi connectivity index (χ3n) is 2.13. The third kappa shape index (κ3) is 6.76. The summed E-state index contributed by atoms with van der Waals surface area (Å²) in [6, 6.07) is 0. The van der Waals surface area contributed by atoms with E-state index in [0.717, 1.165) is 25.2 Å². The van der Waals surface area contributed by atoms with E-state index in [-0.39, 0.29) is 12.7 Å². The maximum Gasteiger partial charge on any atom is 0.304 e. The first-order valence-corrected chi connectivity index (χ1v) is 6.47. The first-order valence-electron chi connectivity index (χ1n) is 5.32. The lowest BCUT2D eigenvalue weighted by atomic mass is 10.2. The minimum atomic E-state index is -0.737. The van der Waals surface area contributed by atoms with E-state index in [0.29, 0.717) is 12.4 Å². The Kier molecular flexibility index (Phi) is 6.80. The highest BCUT2D eigenvalue weighted by Crippen LogP contribution is 2.14. The second-order valence-electron chi connectivity index (χ2n) is 3.42. The Morgan fingerprint density at radius 2 is 2.33 bits per heavy atom. The molecule has 0 aromatic rings. The van der Waals surface area contributed by atoms with Gasteiger partial charge in [-0.2, -0.15) is 11.8 Å². The first-order chi connectivity index (χ1) is 7.29. The Hall–Kier alpha value is -0.260. The lowest BCUT2D eigenvalue weighted by Crippen LogP contribution is -2.23. The fourth-order valence-corrected chi connectivity index (χ4v) is 2.08. The van der Waals surface area contributed by atoms with Crippen molar-refractivity contribution in [3.05, 3.63) is 0 Å². The fourth-order valence-electron chi connectivity index (χ4n) is 1.34. The Labute approximate surface area is 94.3 Å². The molecule has 1 fully saturated rings. The normalized spacial score (nSPS) is 21.5. The smallest absolute Gasteiger partial charge is 0.304 e. The van der Waals surface area contributed by atoms with Gasteiger partial charge in [0.05, 0.1) is 13.0 Å². The van der Waals surface area contributed by atoms with Crippen molar-refractivity contribution in [2.75, 3.05) is 24.7 Å². The van der Waals surface area contributed by atoms with E-state index in [4.69, 9.17) is 14.6 Å². The van der Waals surface area contributed by atoms with Gasteiger partial charge in [0.15, 0.2) is 6.29 Å². The van der Waals surface area contributed by atoms with Crippen LogP contribution in [0.15, 0.2) is 0 Å². The van der Waals surface area contributed by atoms with Gasteiger partial charge in [-0.15, -0.1) is 0 Å². The molecule has 1 unspecified atom stereocenters. The molecule has 0 saturated carbocycles. The summed E-state index contributed by atoms with van der Waals surface area (Å²) in [7, 11) is 0. The van der Waals surface area contributed by atoms with Crippen LogP contribution in [0, 0.1) is 0 Å². The van der Waals surface area contributed by atoms with E-state index in [9.17, 15) is 4.79 Å². The zero-order chi connectivity index (χ0) is 10.9. The van der Waals surface area contributed by atoms with E-state index < -0.39 is 5.97 Å². The van der Waals surface area contributed by atoms with Crippen molar-refractivity contribution in [1.29, 1.82) is 0 Å². The average Bonchev–Trinajstić information content (AvgIpc) is 2.24. The summed E-state index contributed by atoms with van der Waals surface area (Å²) in [5.41, 5.74) is 0. The summed E-state index contributed by atoms with van der Waals surface area (Å²) < 4.78 is 10.9. The molecule has 0 amide bonds. The zero-order valence-corrected chi connectivity index (χ0v) is 9.63. The molecule has 1 N–H and O–H groups in total. The van der Waals surface area contributed by atoms with Crippen molar-refractivity contribution in [3.8, 4) is 0 Å². The van der Waals surface area contributed by atoms with Gasteiger partial charge >= 0.3 is 5.97 Å². The molecular formula is C10H18O4S. The number of ether oxygens (including phenoxy) is 2. The van der Waals surface area contributed by atoms with Gasteiger partial charge in [-0.25, -0.2) is 0 Å². The molecular weight excluding hydrogens is 216 g/mol. The maximum atomic E-state index is 10.2. The molecule has 1 atom stereocenters. The van der Waals surface area contributed by atoms with Crippen LogP contribution in [0.2, 0.25) is 0 Å². The van der Waals surface area contributed by atoms with E-state index in [1.807, 2.05) is 0 Å². The van der Waals surface area contributed by atoms with Crippen LogP contribution in [0.3, 0.4) is 0 Å². The van der Waals surface area contributed by atoms with Gasteiger partial charge < -0.3 is 14.6 Å². The van der Waals surface area contributed by atoms with Crippen LogP contribution in [-0.2, 0) is 14.3 Å². The summed E-state index contributed by atoms with van der Waals surface area (Å²) in [5, 5.41) is 8.41. The highest BCUT2D eigenvalue weighted by Gasteiger charge is 2.13. The molecule has 0 spiro atoms. The number of hydrogen-bond acceptors (Lipinski definition) is 4. The van der Waals surface area contributed by atoms with E-state index in [1.165, 1.54) is 6.42 Å². The van der Waals surface area contributed by atoms with Gasteiger partial charge in [-0.3, -0.25) is 4.79 Å². The molecule has 0 aromatic heterocycles. The molecule has 1 aliphatic rings. The Balaban J connectivity index is 1.85. The van der Waals surface area contributed by atoms with Gasteiger partial charge in [-0.1, -0.05) is 0 Å². The van der Waals surface area contributed by atoms with Crippen LogP contribution in [-0.4, -0.2) is 42.1 Å². The van der Waals surface area contributed by atoms with Crippen LogP contribution in [0.5, 0.6) is 0 Å². The van der Waals surface area contributed by atoms with Crippen LogP contribution in [0.1, 0.15) is 25.7 Å². The van der Waals surface area contributed by atoms with Crippen LogP contribution >= 0.6 is 11.8 Å². The van der Waals surface area contributed by atoms with Crippen molar-refractivity contribution < 1.29 is 19.4 Å². The number of rotatable bonds is 7. The van der Waals surface area contributed by atoms with Crippen molar-refractivity contribution in [1.82, 2.24) is 0 Å². The fraction of sp³-hybridized carbons (Fsp3) is 0.900. The summed E-state index contributed by atoms with van der Waals surface area (Å²) in [6.07, 6.45) is 3.49. The quantitative estimate of drug-likeness (QED) is 0.680. The molecule has 88 valence electrons. The zero-order valence-electron chi connectivity index (χ0n) is 8.81. The number of aliphatic carboxylic acids is 1. The summed E-state index contributed by atoms with van der Waals surface area (Å²) in [5.74, 6) is 0.760. The Bertz CT molecular complexity index is 180. The number of thioether (sulfide) groups is 1. The van der Waals surface area contributed by atoms with Gasteiger partial charge in [0.1, 0.15) is 0 Å². The molecule has 0 radical (unpaired) electrons. The van der Waals surface area contributed by atoms with E-state index in [1.54, 1.807) is 11.8 Å². The monoisotopic (exact) mass is 234 g/mol. The Morgan fingerprint density at radius 1 is 1.47 bits per heavy atom. The van der Waals surface area contributed by atoms with E-state index >= 15 is 0 Å². The minimum absolute atomic E-state index is 0.0289. The molecule has 0 aliphatic carbocycles. The van der Waals surface area contributed by atoms with Crippen LogP contribution in [0.25, 0.3) is 0 Å². The highest BCUT2D eigenvalue weighted by molar-refractivity contribution is 7.99. The number of hydrogen-bond donors (Lipinski definition) is 1. The Morgan fingerprint density at radius 3 is 3.00 bits per heavy atom. The highest BCUT2D eigenvalue weighted by atomic mass is 32.2. The maximum absolute atomic E-state index is 10.2. The molecule has 4 nitrogen and oxygen atoms in total. The number of carboxylic acid groups (broad SMARTS) is 1. The third-order valence-corrected chi connectivity index (χ3v) is 3.08. The summed E-state index contributed by atoms with van der Waals surface area (Å²) >= 11 is 1.61. The predicted octanol–water partition coefficient (Wildman–Crippen LogP) is 1.74. The van der Waals surface area contributed by atoms with Crippen molar-refractivity contribution in [2.24, 2.45) is 0 Å². The SMILES string of the molecule is O=C(O)CCSCCOC1CCCCO1.